The number of anilines is 1. The molecule has 2 aromatic carbocycles. The smallest absolute Gasteiger partial charge is 0.266 e. The highest BCUT2D eigenvalue weighted by atomic mass is 79.9. The summed E-state index contributed by atoms with van der Waals surface area (Å²) >= 11 is 3.34. The molecule has 2 rings (SSSR count). The third kappa shape index (κ3) is 5.69. The number of rotatable bonds is 6. The molecule has 2 amide bonds. The van der Waals surface area contributed by atoms with Crippen LogP contribution in [0.3, 0.4) is 0 Å². The molecule has 0 atom stereocenters. The quantitative estimate of drug-likeness (QED) is 0.543. The second-order valence-electron chi connectivity index (χ2n) is 5.88. The van der Waals surface area contributed by atoms with Gasteiger partial charge in [-0.2, -0.15) is 5.26 Å². The minimum absolute atomic E-state index is 0.1000. The van der Waals surface area contributed by atoms with Crippen molar-refractivity contribution in [1.82, 2.24) is 0 Å². The third-order valence-corrected chi connectivity index (χ3v) is 4.13. The van der Waals surface area contributed by atoms with Crippen molar-refractivity contribution in [3.05, 3.63) is 63.1 Å². The molecular weight excluding hydrogens is 410 g/mol. The van der Waals surface area contributed by atoms with Gasteiger partial charge in [-0.3, -0.25) is 9.59 Å². The predicted octanol–water partition coefficient (Wildman–Crippen LogP) is 3.48. The molecule has 0 aliphatic carbocycles. The molecule has 0 saturated heterocycles. The van der Waals surface area contributed by atoms with E-state index in [1.165, 1.54) is 6.08 Å². The van der Waals surface area contributed by atoms with Gasteiger partial charge < -0.3 is 15.8 Å². The van der Waals surface area contributed by atoms with E-state index in [4.69, 9.17) is 10.5 Å². The fourth-order valence-corrected chi connectivity index (χ4v) is 2.74. The van der Waals surface area contributed by atoms with Crippen molar-refractivity contribution in [2.24, 2.45) is 5.73 Å². The Morgan fingerprint density at radius 2 is 2.00 bits per heavy atom. The Balaban J connectivity index is 2.32. The van der Waals surface area contributed by atoms with Crippen molar-refractivity contribution in [3.63, 3.8) is 0 Å². The number of nitriles is 1. The summed E-state index contributed by atoms with van der Waals surface area (Å²) in [4.78, 5) is 23.5. The first-order valence-electron chi connectivity index (χ1n) is 8.01. The number of nitrogens with one attached hydrogen (secondary N) is 1. The second-order valence-corrected chi connectivity index (χ2v) is 6.80. The summed E-state index contributed by atoms with van der Waals surface area (Å²) in [5.74, 6) is -0.824. The fourth-order valence-electron chi connectivity index (χ4n) is 2.36. The molecule has 0 unspecified atom stereocenters. The molecule has 0 aliphatic heterocycles. The van der Waals surface area contributed by atoms with E-state index in [9.17, 15) is 14.9 Å². The van der Waals surface area contributed by atoms with Gasteiger partial charge in [-0.1, -0.05) is 33.6 Å². The average molecular weight is 428 g/mol. The number of nitrogens with zero attached hydrogens (tertiary/aromatic N) is 1. The zero-order valence-electron chi connectivity index (χ0n) is 14.9. The number of amides is 2. The minimum Gasteiger partial charge on any atom is -0.483 e. The average Bonchev–Trinajstić information content (AvgIpc) is 2.61. The monoisotopic (exact) mass is 427 g/mol. The van der Waals surface area contributed by atoms with E-state index >= 15 is 0 Å². The predicted molar refractivity (Wildman–Crippen MR) is 107 cm³/mol. The Hall–Kier alpha value is -3.11. The van der Waals surface area contributed by atoms with Gasteiger partial charge in [0.2, 0.25) is 0 Å². The van der Waals surface area contributed by atoms with E-state index in [1.807, 2.05) is 32.0 Å². The van der Waals surface area contributed by atoms with Crippen LogP contribution < -0.4 is 15.8 Å². The van der Waals surface area contributed by atoms with Crippen molar-refractivity contribution in [1.29, 1.82) is 5.26 Å². The summed E-state index contributed by atoms with van der Waals surface area (Å²) < 4.78 is 6.08. The summed E-state index contributed by atoms with van der Waals surface area (Å²) in [5, 5.41) is 12.2. The van der Waals surface area contributed by atoms with Gasteiger partial charge in [-0.25, -0.2) is 0 Å². The topological polar surface area (TPSA) is 105 Å². The number of primary amides is 1. The maximum atomic E-state index is 12.5. The third-order valence-electron chi connectivity index (χ3n) is 3.64. The number of ether oxygens (including phenoxy) is 1. The largest absolute Gasteiger partial charge is 0.483 e. The molecule has 0 heterocycles. The highest BCUT2D eigenvalue weighted by molar-refractivity contribution is 9.10. The number of aryl methyl sites for hydroxylation is 2. The van der Waals surface area contributed by atoms with Crippen molar-refractivity contribution in [3.8, 4) is 11.8 Å². The van der Waals surface area contributed by atoms with Gasteiger partial charge in [0.1, 0.15) is 17.4 Å². The molecule has 27 heavy (non-hydrogen) atoms. The Kier molecular flexibility index (Phi) is 6.74. The Labute approximate surface area is 165 Å². The highest BCUT2D eigenvalue weighted by Crippen LogP contribution is 2.26. The Morgan fingerprint density at radius 3 is 2.63 bits per heavy atom. The van der Waals surface area contributed by atoms with Crippen LogP contribution in [0.5, 0.6) is 5.75 Å². The van der Waals surface area contributed by atoms with Crippen LogP contribution >= 0.6 is 15.9 Å². The van der Waals surface area contributed by atoms with Crippen LogP contribution in [0.25, 0.3) is 6.08 Å². The molecule has 0 saturated carbocycles. The zero-order chi connectivity index (χ0) is 20.0. The molecule has 0 bridgehead atoms. The summed E-state index contributed by atoms with van der Waals surface area (Å²) in [6.07, 6.45) is 1.40. The van der Waals surface area contributed by atoms with Crippen LogP contribution in [0, 0.1) is 25.2 Å². The summed E-state index contributed by atoms with van der Waals surface area (Å²) in [5.41, 5.74) is 8.08. The van der Waals surface area contributed by atoms with E-state index < -0.39 is 11.8 Å². The number of carbonyl (C=O) groups is 2. The van der Waals surface area contributed by atoms with E-state index in [0.717, 1.165) is 15.6 Å². The molecule has 0 aromatic heterocycles. The summed E-state index contributed by atoms with van der Waals surface area (Å²) in [7, 11) is 0. The molecule has 3 N–H and O–H groups in total. The maximum absolute atomic E-state index is 12.5. The lowest BCUT2D eigenvalue weighted by atomic mass is 10.1. The lowest BCUT2D eigenvalue weighted by Crippen LogP contribution is -2.20. The van der Waals surface area contributed by atoms with Crippen LogP contribution in [0.4, 0.5) is 5.69 Å². The fraction of sp³-hybridized carbons (Fsp3) is 0.150. The standard InChI is InChI=1S/C20H18BrN3O3/c1-12-3-5-17(13(2)7-12)24-20(26)15(10-22)8-14-9-16(21)4-6-18(14)27-11-19(23)25/h3-9H,11H2,1-2H3,(H2,23,25)(H,24,26)/b15-8+. The molecule has 0 aliphatic rings. The second kappa shape index (κ2) is 9.01. The van der Waals surface area contributed by atoms with Crippen molar-refractivity contribution < 1.29 is 14.3 Å². The first-order chi connectivity index (χ1) is 12.8. The number of hydrogen-bond acceptors (Lipinski definition) is 4. The maximum Gasteiger partial charge on any atom is 0.266 e. The number of carbonyl (C=O) groups excluding carboxylic acids is 2. The van der Waals surface area contributed by atoms with Gasteiger partial charge in [0.25, 0.3) is 11.8 Å². The summed E-state index contributed by atoms with van der Waals surface area (Å²) in [6, 6.07) is 12.5. The number of benzene rings is 2. The molecule has 0 radical (unpaired) electrons. The van der Waals surface area contributed by atoms with Gasteiger partial charge in [0.15, 0.2) is 6.61 Å². The van der Waals surface area contributed by atoms with Crippen LogP contribution in [0.2, 0.25) is 0 Å². The minimum atomic E-state index is -0.624. The summed E-state index contributed by atoms with van der Waals surface area (Å²) in [6.45, 7) is 3.53. The van der Waals surface area contributed by atoms with Gasteiger partial charge in [0.05, 0.1) is 0 Å². The first-order valence-corrected chi connectivity index (χ1v) is 8.80. The lowest BCUT2D eigenvalue weighted by Gasteiger charge is -2.10. The van der Waals surface area contributed by atoms with E-state index in [2.05, 4.69) is 21.2 Å². The van der Waals surface area contributed by atoms with Gasteiger partial charge in [-0.05, 0) is 49.8 Å². The molecular formula is C20H18BrN3O3. The van der Waals surface area contributed by atoms with Crippen LogP contribution in [0.15, 0.2) is 46.4 Å². The van der Waals surface area contributed by atoms with E-state index in [0.29, 0.717) is 17.0 Å². The molecule has 0 fully saturated rings. The first kappa shape index (κ1) is 20.2. The van der Waals surface area contributed by atoms with E-state index in [1.54, 1.807) is 24.3 Å². The van der Waals surface area contributed by atoms with Crippen LogP contribution in [-0.4, -0.2) is 18.4 Å². The highest BCUT2D eigenvalue weighted by Gasteiger charge is 2.13. The van der Waals surface area contributed by atoms with Crippen LogP contribution in [0.1, 0.15) is 16.7 Å². The number of hydrogen-bond donors (Lipinski definition) is 2. The van der Waals surface area contributed by atoms with Gasteiger partial charge in [-0.15, -0.1) is 0 Å². The molecule has 0 spiro atoms. The van der Waals surface area contributed by atoms with Gasteiger partial charge in [0, 0.05) is 15.7 Å². The normalized spacial score (nSPS) is 10.8. The molecule has 138 valence electrons. The number of halogens is 1. The Morgan fingerprint density at radius 1 is 1.26 bits per heavy atom. The molecule has 6 nitrogen and oxygen atoms in total. The van der Waals surface area contributed by atoms with Crippen LogP contribution in [-0.2, 0) is 9.59 Å². The lowest BCUT2D eigenvalue weighted by molar-refractivity contribution is -0.120. The van der Waals surface area contributed by atoms with E-state index in [-0.39, 0.29) is 12.2 Å². The van der Waals surface area contributed by atoms with Gasteiger partial charge >= 0.3 is 0 Å². The molecule has 7 heteroatoms. The van der Waals surface area contributed by atoms with Crippen molar-refractivity contribution in [2.45, 2.75) is 13.8 Å². The zero-order valence-corrected chi connectivity index (χ0v) is 16.5. The van der Waals surface area contributed by atoms with Crippen molar-refractivity contribution >= 4 is 39.5 Å². The number of nitrogens with two attached hydrogens (primary N) is 1. The molecule has 2 aromatic rings. The van der Waals surface area contributed by atoms with Crippen molar-refractivity contribution in [2.75, 3.05) is 11.9 Å². The Bertz CT molecular complexity index is 961. The SMILES string of the molecule is Cc1ccc(NC(=O)/C(C#N)=C/c2cc(Br)ccc2OCC(N)=O)c(C)c1.